The molecule has 0 aliphatic carbocycles. The number of nitrogens with zero attached hydrogens (tertiary/aromatic N) is 3. The van der Waals surface area contributed by atoms with E-state index >= 15 is 0 Å². The summed E-state index contributed by atoms with van der Waals surface area (Å²) in [7, 11) is 0. The van der Waals surface area contributed by atoms with Gasteiger partial charge in [-0.25, -0.2) is 4.68 Å². The molecule has 8 nitrogen and oxygen atoms in total. The van der Waals surface area contributed by atoms with Crippen LogP contribution in [-0.4, -0.2) is 39.7 Å². The fraction of sp³-hybridized carbons (Fsp3) is 0.150. The number of anilines is 1. The van der Waals surface area contributed by atoms with Crippen molar-refractivity contribution in [2.24, 2.45) is 0 Å². The van der Waals surface area contributed by atoms with Crippen LogP contribution in [0.4, 0.5) is 5.69 Å². The van der Waals surface area contributed by atoms with E-state index in [4.69, 9.17) is 26.9 Å². The second-order valence-corrected chi connectivity index (χ2v) is 8.99. The SMILES string of the molecule is Nn1c(SCC(=O)Nc2ccc3c(c2)OCCO3)nnc1-c1sc2ccccc2c1Cl. The lowest BCUT2D eigenvalue weighted by molar-refractivity contribution is -0.113. The number of benzene rings is 2. The Morgan fingerprint density at radius 1 is 1.19 bits per heavy atom. The molecule has 1 aliphatic heterocycles. The summed E-state index contributed by atoms with van der Waals surface area (Å²) in [6.45, 7) is 1.00. The minimum Gasteiger partial charge on any atom is -0.486 e. The summed E-state index contributed by atoms with van der Waals surface area (Å²) in [4.78, 5) is 13.1. The Hall–Kier alpha value is -2.95. The molecule has 0 saturated carbocycles. The fourth-order valence-electron chi connectivity index (χ4n) is 3.14. The normalized spacial score (nSPS) is 12.8. The highest BCUT2D eigenvalue weighted by molar-refractivity contribution is 7.99. The van der Waals surface area contributed by atoms with E-state index < -0.39 is 0 Å². The molecule has 3 heterocycles. The summed E-state index contributed by atoms with van der Waals surface area (Å²) >= 11 is 9.21. The van der Waals surface area contributed by atoms with Crippen LogP contribution in [0.1, 0.15) is 0 Å². The molecule has 0 bridgehead atoms. The number of nitrogens with two attached hydrogens (primary N) is 1. The Balaban J connectivity index is 1.27. The smallest absolute Gasteiger partial charge is 0.234 e. The van der Waals surface area contributed by atoms with E-state index in [0.29, 0.717) is 46.4 Å². The molecule has 5 rings (SSSR count). The lowest BCUT2D eigenvalue weighted by Gasteiger charge is -2.18. The topological polar surface area (TPSA) is 104 Å². The minimum absolute atomic E-state index is 0.115. The summed E-state index contributed by atoms with van der Waals surface area (Å²) in [5, 5.41) is 13.1. The number of nitrogen functional groups attached to an aromatic ring is 1. The number of nitrogens with one attached hydrogen (secondary N) is 1. The van der Waals surface area contributed by atoms with Gasteiger partial charge in [0, 0.05) is 21.8 Å². The Kier molecular flexibility index (Phi) is 5.34. The van der Waals surface area contributed by atoms with Crippen molar-refractivity contribution in [3.63, 3.8) is 0 Å². The van der Waals surface area contributed by atoms with Crippen molar-refractivity contribution in [3.05, 3.63) is 47.5 Å². The van der Waals surface area contributed by atoms with E-state index in [-0.39, 0.29) is 11.7 Å². The quantitative estimate of drug-likeness (QED) is 0.333. The first-order chi connectivity index (χ1) is 15.1. The Labute approximate surface area is 190 Å². The maximum absolute atomic E-state index is 12.4. The van der Waals surface area contributed by atoms with Gasteiger partial charge in [0.15, 0.2) is 17.3 Å². The monoisotopic (exact) mass is 473 g/mol. The summed E-state index contributed by atoms with van der Waals surface area (Å²) in [6.07, 6.45) is 0. The van der Waals surface area contributed by atoms with E-state index in [9.17, 15) is 4.79 Å². The van der Waals surface area contributed by atoms with Crippen molar-refractivity contribution in [1.82, 2.24) is 14.9 Å². The molecule has 1 aliphatic rings. The molecule has 0 fully saturated rings. The number of hydrogen-bond acceptors (Lipinski definition) is 8. The summed E-state index contributed by atoms with van der Waals surface area (Å²) < 4.78 is 13.4. The molecule has 31 heavy (non-hydrogen) atoms. The molecule has 11 heteroatoms. The van der Waals surface area contributed by atoms with Crippen molar-refractivity contribution in [3.8, 4) is 22.2 Å². The van der Waals surface area contributed by atoms with Crippen molar-refractivity contribution < 1.29 is 14.3 Å². The average molecular weight is 474 g/mol. The molecule has 0 unspecified atom stereocenters. The molecule has 2 aromatic heterocycles. The Morgan fingerprint density at radius 3 is 2.84 bits per heavy atom. The lowest BCUT2D eigenvalue weighted by Crippen LogP contribution is -2.18. The number of thiophene rings is 1. The van der Waals surface area contributed by atoms with E-state index in [1.165, 1.54) is 27.8 Å². The molecule has 4 aromatic rings. The zero-order chi connectivity index (χ0) is 21.4. The van der Waals surface area contributed by atoms with E-state index in [1.54, 1.807) is 18.2 Å². The van der Waals surface area contributed by atoms with Crippen LogP contribution in [0.2, 0.25) is 5.02 Å². The van der Waals surface area contributed by atoms with Gasteiger partial charge in [-0.3, -0.25) is 4.79 Å². The highest BCUT2D eigenvalue weighted by Crippen LogP contribution is 2.41. The first-order valence-electron chi connectivity index (χ1n) is 9.30. The number of amides is 1. The number of carbonyl (C=O) groups is 1. The van der Waals surface area contributed by atoms with Crippen LogP contribution < -0.4 is 20.6 Å². The van der Waals surface area contributed by atoms with Gasteiger partial charge in [-0.1, -0.05) is 41.6 Å². The van der Waals surface area contributed by atoms with E-state index in [1.807, 2.05) is 24.3 Å². The zero-order valence-corrected chi connectivity index (χ0v) is 18.4. The van der Waals surface area contributed by atoms with Crippen molar-refractivity contribution in [2.45, 2.75) is 5.16 Å². The number of hydrogen-bond donors (Lipinski definition) is 2. The van der Waals surface area contributed by atoms with Crippen LogP contribution in [0.3, 0.4) is 0 Å². The molecule has 0 radical (unpaired) electrons. The van der Waals surface area contributed by atoms with Crippen LogP contribution in [0.15, 0.2) is 47.6 Å². The predicted octanol–water partition coefficient (Wildman–Crippen LogP) is 4.03. The van der Waals surface area contributed by atoms with Gasteiger partial charge in [-0.2, -0.15) is 0 Å². The number of thioether (sulfide) groups is 1. The van der Waals surface area contributed by atoms with Gasteiger partial charge in [0.2, 0.25) is 11.1 Å². The molecule has 0 atom stereocenters. The third-order valence-corrected chi connectivity index (χ3v) is 7.18. The van der Waals surface area contributed by atoms with Crippen LogP contribution in [0, 0.1) is 0 Å². The first kappa shape index (κ1) is 20.0. The predicted molar refractivity (Wildman–Crippen MR) is 123 cm³/mol. The number of halogens is 1. The number of carbonyl (C=O) groups excluding carboxylic acids is 1. The van der Waals surface area contributed by atoms with Gasteiger partial charge in [0.1, 0.15) is 13.2 Å². The third kappa shape index (κ3) is 3.89. The maximum Gasteiger partial charge on any atom is 0.234 e. The number of ether oxygens (including phenoxy) is 2. The lowest BCUT2D eigenvalue weighted by atomic mass is 10.2. The van der Waals surface area contributed by atoms with Gasteiger partial charge < -0.3 is 20.6 Å². The zero-order valence-electron chi connectivity index (χ0n) is 16.0. The van der Waals surface area contributed by atoms with Crippen LogP contribution >= 0.6 is 34.7 Å². The molecule has 3 N–H and O–H groups in total. The second kappa shape index (κ2) is 8.29. The van der Waals surface area contributed by atoms with Gasteiger partial charge in [0.25, 0.3) is 0 Å². The molecular weight excluding hydrogens is 458 g/mol. The van der Waals surface area contributed by atoms with E-state index in [2.05, 4.69) is 15.5 Å². The molecular formula is C20H16ClN5O3S2. The minimum atomic E-state index is -0.203. The summed E-state index contributed by atoms with van der Waals surface area (Å²) in [6, 6.07) is 13.1. The van der Waals surface area contributed by atoms with Gasteiger partial charge in [-0.05, 0) is 18.2 Å². The highest BCUT2D eigenvalue weighted by atomic mass is 35.5. The standard InChI is InChI=1S/C20H16ClN5O3S2/c21-17-12-3-1-2-4-15(12)31-18(17)19-24-25-20(26(19)22)30-10-16(27)23-11-5-6-13-14(9-11)29-8-7-28-13/h1-6,9H,7-8,10,22H2,(H,23,27). The fourth-order valence-corrected chi connectivity index (χ4v) is 5.29. The van der Waals surface area contributed by atoms with Gasteiger partial charge in [0.05, 0.1) is 15.7 Å². The molecule has 0 spiro atoms. The second-order valence-electron chi connectivity index (χ2n) is 6.61. The van der Waals surface area contributed by atoms with Gasteiger partial charge in [-0.15, -0.1) is 21.5 Å². The van der Waals surface area contributed by atoms with Crippen molar-refractivity contribution >= 4 is 56.4 Å². The molecule has 1 amide bonds. The number of aromatic nitrogens is 3. The van der Waals surface area contributed by atoms with Crippen LogP contribution in [-0.2, 0) is 4.79 Å². The largest absolute Gasteiger partial charge is 0.486 e. The van der Waals surface area contributed by atoms with Crippen molar-refractivity contribution in [2.75, 3.05) is 30.1 Å². The molecule has 0 saturated heterocycles. The summed E-state index contributed by atoms with van der Waals surface area (Å²) in [5.41, 5.74) is 0.627. The van der Waals surface area contributed by atoms with Crippen molar-refractivity contribution in [1.29, 1.82) is 0 Å². The third-order valence-electron chi connectivity index (χ3n) is 4.56. The van der Waals surface area contributed by atoms with Gasteiger partial charge >= 0.3 is 0 Å². The average Bonchev–Trinajstić information content (AvgIpc) is 3.31. The van der Waals surface area contributed by atoms with Crippen LogP contribution in [0.5, 0.6) is 11.5 Å². The highest BCUT2D eigenvalue weighted by Gasteiger charge is 2.20. The van der Waals surface area contributed by atoms with E-state index in [0.717, 1.165) is 15.0 Å². The molecule has 2 aromatic carbocycles. The summed E-state index contributed by atoms with van der Waals surface area (Å²) in [5.74, 6) is 7.85. The molecule has 158 valence electrons. The number of rotatable bonds is 5. The first-order valence-corrected chi connectivity index (χ1v) is 11.5. The van der Waals surface area contributed by atoms with Crippen LogP contribution in [0.25, 0.3) is 20.8 Å². The maximum atomic E-state index is 12.4. The number of fused-ring (bicyclic) bond motifs is 2. The Morgan fingerprint density at radius 2 is 2.00 bits per heavy atom. The Bertz CT molecular complexity index is 1290.